The molecule has 1 atom stereocenters. The van der Waals surface area contributed by atoms with Crippen molar-refractivity contribution in [3.63, 3.8) is 0 Å². The average Bonchev–Trinajstić information content (AvgIpc) is 2.58. The van der Waals surface area contributed by atoms with Gasteiger partial charge in [0.15, 0.2) is 6.10 Å². The topological polar surface area (TPSA) is 68.8 Å². The molecule has 0 aliphatic heterocycles. The van der Waals surface area contributed by atoms with Crippen LogP contribution in [0.4, 0.5) is 5.69 Å². The van der Waals surface area contributed by atoms with Gasteiger partial charge in [0.25, 0.3) is 0 Å². The standard InChI is InChI=1S/C18H16ClN3O/c1-2-16(11-21)23-17-5-3-4-13(8-17)12-22-18-9-15(19)7-6-14(18)10-20/h3-9,16,22H,2,12H2,1H3. The Bertz CT molecular complexity index is 762. The lowest BCUT2D eigenvalue weighted by Crippen LogP contribution is -2.12. The smallest absolute Gasteiger partial charge is 0.184 e. The van der Waals surface area contributed by atoms with Crippen molar-refractivity contribution in [1.29, 1.82) is 10.5 Å². The van der Waals surface area contributed by atoms with Crippen LogP contribution in [-0.4, -0.2) is 6.10 Å². The van der Waals surface area contributed by atoms with Crippen molar-refractivity contribution in [2.75, 3.05) is 5.32 Å². The Labute approximate surface area is 140 Å². The zero-order chi connectivity index (χ0) is 16.7. The first-order valence-corrected chi connectivity index (χ1v) is 7.62. The van der Waals surface area contributed by atoms with Gasteiger partial charge in [-0.05, 0) is 42.3 Å². The Morgan fingerprint density at radius 1 is 1.22 bits per heavy atom. The summed E-state index contributed by atoms with van der Waals surface area (Å²) in [5.74, 6) is 0.657. The molecule has 1 unspecified atom stereocenters. The number of nitrogens with one attached hydrogen (secondary N) is 1. The largest absolute Gasteiger partial charge is 0.476 e. The second kappa shape index (κ2) is 8.08. The van der Waals surface area contributed by atoms with Crippen LogP contribution in [0.3, 0.4) is 0 Å². The summed E-state index contributed by atoms with van der Waals surface area (Å²) in [5, 5.41) is 21.9. The fraction of sp³-hybridized carbons (Fsp3) is 0.222. The third kappa shape index (κ3) is 4.64. The lowest BCUT2D eigenvalue weighted by Gasteiger charge is -2.12. The first kappa shape index (κ1) is 16.7. The molecule has 0 aliphatic carbocycles. The molecule has 0 bridgehead atoms. The van der Waals surface area contributed by atoms with Gasteiger partial charge in [0.2, 0.25) is 0 Å². The molecular formula is C18H16ClN3O. The molecule has 2 aromatic carbocycles. The van der Waals surface area contributed by atoms with Crippen molar-refractivity contribution < 1.29 is 4.74 Å². The molecule has 4 nitrogen and oxygen atoms in total. The van der Waals surface area contributed by atoms with Gasteiger partial charge in [-0.2, -0.15) is 10.5 Å². The van der Waals surface area contributed by atoms with Crippen molar-refractivity contribution in [1.82, 2.24) is 0 Å². The lowest BCUT2D eigenvalue weighted by molar-refractivity contribution is 0.251. The number of nitrogens with zero attached hydrogens (tertiary/aromatic N) is 2. The SMILES string of the molecule is CCC(C#N)Oc1cccc(CNc2cc(Cl)ccc2C#N)c1. The quantitative estimate of drug-likeness (QED) is 0.848. The first-order chi connectivity index (χ1) is 11.2. The van der Waals surface area contributed by atoms with E-state index in [0.29, 0.717) is 35.0 Å². The molecule has 0 aliphatic rings. The molecule has 116 valence electrons. The summed E-state index contributed by atoms with van der Waals surface area (Å²) < 4.78 is 5.61. The summed E-state index contributed by atoms with van der Waals surface area (Å²) in [7, 11) is 0. The van der Waals surface area contributed by atoms with Gasteiger partial charge in [0.05, 0.1) is 11.3 Å². The lowest BCUT2D eigenvalue weighted by atomic mass is 10.1. The highest BCUT2D eigenvalue weighted by molar-refractivity contribution is 6.30. The molecule has 2 rings (SSSR count). The number of anilines is 1. The van der Waals surface area contributed by atoms with Crippen LogP contribution in [-0.2, 0) is 6.54 Å². The van der Waals surface area contributed by atoms with E-state index < -0.39 is 6.10 Å². The molecule has 2 aromatic rings. The van der Waals surface area contributed by atoms with E-state index in [4.69, 9.17) is 26.9 Å². The van der Waals surface area contributed by atoms with Crippen molar-refractivity contribution in [2.45, 2.75) is 26.0 Å². The van der Waals surface area contributed by atoms with E-state index in [1.165, 1.54) is 0 Å². The highest BCUT2D eigenvalue weighted by Crippen LogP contribution is 2.22. The van der Waals surface area contributed by atoms with E-state index in [1.54, 1.807) is 18.2 Å². The number of rotatable bonds is 6. The zero-order valence-electron chi connectivity index (χ0n) is 12.7. The maximum absolute atomic E-state index is 9.12. The zero-order valence-corrected chi connectivity index (χ0v) is 13.5. The van der Waals surface area contributed by atoms with Gasteiger partial charge < -0.3 is 10.1 Å². The third-order valence-corrected chi connectivity index (χ3v) is 3.51. The predicted molar refractivity (Wildman–Crippen MR) is 90.3 cm³/mol. The molecule has 0 saturated heterocycles. The fourth-order valence-electron chi connectivity index (χ4n) is 2.05. The third-order valence-electron chi connectivity index (χ3n) is 3.28. The number of hydrogen-bond donors (Lipinski definition) is 1. The van der Waals surface area contributed by atoms with Crippen LogP contribution >= 0.6 is 11.6 Å². The molecule has 0 spiro atoms. The first-order valence-electron chi connectivity index (χ1n) is 7.25. The van der Waals surface area contributed by atoms with E-state index in [-0.39, 0.29) is 0 Å². The van der Waals surface area contributed by atoms with Crippen molar-refractivity contribution in [3.8, 4) is 17.9 Å². The number of benzene rings is 2. The van der Waals surface area contributed by atoms with E-state index >= 15 is 0 Å². The molecular weight excluding hydrogens is 310 g/mol. The van der Waals surface area contributed by atoms with Gasteiger partial charge in [0, 0.05) is 11.6 Å². The second-order valence-electron chi connectivity index (χ2n) is 4.95. The minimum Gasteiger partial charge on any atom is -0.476 e. The Morgan fingerprint density at radius 2 is 2.04 bits per heavy atom. The molecule has 0 aromatic heterocycles. The summed E-state index contributed by atoms with van der Waals surface area (Å²) >= 11 is 5.97. The highest BCUT2D eigenvalue weighted by atomic mass is 35.5. The predicted octanol–water partition coefficient (Wildman–Crippen LogP) is 4.50. The Morgan fingerprint density at radius 3 is 2.74 bits per heavy atom. The number of nitriles is 2. The maximum atomic E-state index is 9.12. The van der Waals surface area contributed by atoms with Gasteiger partial charge >= 0.3 is 0 Å². The van der Waals surface area contributed by atoms with Crippen molar-refractivity contribution >= 4 is 17.3 Å². The molecule has 5 heteroatoms. The average molecular weight is 326 g/mol. The van der Waals surface area contributed by atoms with E-state index in [1.807, 2.05) is 31.2 Å². The number of hydrogen-bond acceptors (Lipinski definition) is 4. The molecule has 0 fully saturated rings. The van der Waals surface area contributed by atoms with E-state index in [2.05, 4.69) is 17.5 Å². The van der Waals surface area contributed by atoms with Crippen LogP contribution in [0.25, 0.3) is 0 Å². The van der Waals surface area contributed by atoms with E-state index in [0.717, 1.165) is 5.56 Å². The maximum Gasteiger partial charge on any atom is 0.184 e. The molecule has 0 heterocycles. The van der Waals surface area contributed by atoms with Crippen LogP contribution < -0.4 is 10.1 Å². The van der Waals surface area contributed by atoms with E-state index in [9.17, 15) is 0 Å². The van der Waals surface area contributed by atoms with Crippen LogP contribution in [0.1, 0.15) is 24.5 Å². The summed E-state index contributed by atoms with van der Waals surface area (Å²) in [6.07, 6.45) is 0.184. The summed E-state index contributed by atoms with van der Waals surface area (Å²) in [4.78, 5) is 0. The molecule has 0 saturated carbocycles. The summed E-state index contributed by atoms with van der Waals surface area (Å²) in [5.41, 5.74) is 2.21. The van der Waals surface area contributed by atoms with Crippen LogP contribution in [0.5, 0.6) is 5.75 Å². The Kier molecular flexibility index (Phi) is 5.86. The minimum absolute atomic E-state index is 0.448. The van der Waals surface area contributed by atoms with Gasteiger partial charge in [-0.3, -0.25) is 0 Å². The molecule has 0 amide bonds. The van der Waals surface area contributed by atoms with Crippen LogP contribution in [0.2, 0.25) is 5.02 Å². The number of ether oxygens (including phenoxy) is 1. The van der Waals surface area contributed by atoms with Crippen LogP contribution in [0.15, 0.2) is 42.5 Å². The van der Waals surface area contributed by atoms with Gasteiger partial charge in [0.1, 0.15) is 17.9 Å². The van der Waals surface area contributed by atoms with Gasteiger partial charge in [-0.1, -0.05) is 30.7 Å². The normalized spacial score (nSPS) is 11.1. The minimum atomic E-state index is -0.448. The van der Waals surface area contributed by atoms with Crippen molar-refractivity contribution in [3.05, 3.63) is 58.6 Å². The Hall–Kier alpha value is -2.69. The molecule has 0 radical (unpaired) electrons. The molecule has 23 heavy (non-hydrogen) atoms. The summed E-state index contributed by atoms with van der Waals surface area (Å²) in [6.45, 7) is 2.43. The van der Waals surface area contributed by atoms with Gasteiger partial charge in [-0.25, -0.2) is 0 Å². The summed E-state index contributed by atoms with van der Waals surface area (Å²) in [6, 6.07) is 16.9. The second-order valence-corrected chi connectivity index (χ2v) is 5.38. The van der Waals surface area contributed by atoms with Crippen molar-refractivity contribution in [2.24, 2.45) is 0 Å². The monoisotopic (exact) mass is 325 g/mol. The number of halogens is 1. The highest BCUT2D eigenvalue weighted by Gasteiger charge is 2.07. The van der Waals surface area contributed by atoms with Gasteiger partial charge in [-0.15, -0.1) is 0 Å². The fourth-order valence-corrected chi connectivity index (χ4v) is 2.22. The Balaban J connectivity index is 2.09. The van der Waals surface area contributed by atoms with Crippen LogP contribution in [0, 0.1) is 22.7 Å². The molecule has 1 N–H and O–H groups in total.